The number of aromatic amines is 1. The standard InChI is InChI=1S/C14H22N4O2S.ClH/c1-10(2)7-14(3,9-15)18-21(19,20)12-8-17-13-11(12)5-4-6-16-13;/h4-6,8,10,18H,7,9,15H2,1-3H3,(H,16,17);1H. The molecule has 0 saturated carbocycles. The molecule has 2 aromatic rings. The summed E-state index contributed by atoms with van der Waals surface area (Å²) in [5.74, 6) is 0.339. The molecule has 0 radical (unpaired) electrons. The molecule has 0 fully saturated rings. The molecule has 1 unspecified atom stereocenters. The summed E-state index contributed by atoms with van der Waals surface area (Å²) < 4.78 is 28.0. The molecule has 0 saturated heterocycles. The van der Waals surface area contributed by atoms with Crippen LogP contribution in [0, 0.1) is 5.92 Å². The number of nitrogens with zero attached hydrogens (tertiary/aromatic N) is 1. The van der Waals surface area contributed by atoms with Crippen molar-refractivity contribution < 1.29 is 8.42 Å². The van der Waals surface area contributed by atoms with E-state index in [4.69, 9.17) is 5.73 Å². The molecule has 22 heavy (non-hydrogen) atoms. The minimum Gasteiger partial charge on any atom is -0.345 e. The van der Waals surface area contributed by atoms with E-state index in [-0.39, 0.29) is 23.8 Å². The summed E-state index contributed by atoms with van der Waals surface area (Å²) in [7, 11) is -3.66. The minimum absolute atomic E-state index is 0. The molecular formula is C14H23ClN4O2S. The van der Waals surface area contributed by atoms with E-state index in [2.05, 4.69) is 14.7 Å². The van der Waals surface area contributed by atoms with Crippen molar-refractivity contribution in [1.29, 1.82) is 0 Å². The van der Waals surface area contributed by atoms with Crippen LogP contribution in [0.5, 0.6) is 0 Å². The Morgan fingerprint density at radius 1 is 1.45 bits per heavy atom. The number of H-pyrrole nitrogens is 1. The molecule has 2 heterocycles. The molecule has 0 aliphatic heterocycles. The summed E-state index contributed by atoms with van der Waals surface area (Å²) in [4.78, 5) is 7.19. The number of nitrogens with two attached hydrogens (primary N) is 1. The van der Waals surface area contributed by atoms with E-state index in [1.165, 1.54) is 6.20 Å². The van der Waals surface area contributed by atoms with E-state index in [1.807, 2.05) is 20.8 Å². The molecular weight excluding hydrogens is 324 g/mol. The highest BCUT2D eigenvalue weighted by Crippen LogP contribution is 2.24. The first-order chi connectivity index (χ1) is 9.77. The molecule has 2 aromatic heterocycles. The van der Waals surface area contributed by atoms with Crippen LogP contribution in [0.3, 0.4) is 0 Å². The van der Waals surface area contributed by atoms with Gasteiger partial charge in [-0.15, -0.1) is 12.4 Å². The lowest BCUT2D eigenvalue weighted by molar-refractivity contribution is 0.344. The van der Waals surface area contributed by atoms with Crippen LogP contribution in [0.25, 0.3) is 11.0 Å². The first-order valence-electron chi connectivity index (χ1n) is 6.93. The van der Waals surface area contributed by atoms with E-state index >= 15 is 0 Å². The highest BCUT2D eigenvalue weighted by Gasteiger charge is 2.31. The first-order valence-corrected chi connectivity index (χ1v) is 8.42. The van der Waals surface area contributed by atoms with Gasteiger partial charge in [0.25, 0.3) is 0 Å². The van der Waals surface area contributed by atoms with Crippen molar-refractivity contribution in [1.82, 2.24) is 14.7 Å². The Morgan fingerprint density at radius 3 is 2.73 bits per heavy atom. The van der Waals surface area contributed by atoms with Gasteiger partial charge in [-0.2, -0.15) is 0 Å². The molecule has 124 valence electrons. The lowest BCUT2D eigenvalue weighted by Gasteiger charge is -2.30. The maximum absolute atomic E-state index is 12.6. The van der Waals surface area contributed by atoms with Gasteiger partial charge in [-0.3, -0.25) is 0 Å². The molecule has 0 aliphatic rings. The summed E-state index contributed by atoms with van der Waals surface area (Å²) in [6.45, 7) is 6.15. The van der Waals surface area contributed by atoms with Crippen LogP contribution in [0.1, 0.15) is 27.2 Å². The van der Waals surface area contributed by atoms with E-state index in [1.54, 1.807) is 18.3 Å². The smallest absolute Gasteiger partial charge is 0.243 e. The summed E-state index contributed by atoms with van der Waals surface area (Å²) in [5.41, 5.74) is 5.67. The van der Waals surface area contributed by atoms with E-state index in [0.717, 1.165) is 0 Å². The molecule has 2 rings (SSSR count). The fourth-order valence-corrected chi connectivity index (χ4v) is 4.19. The number of hydrogen-bond acceptors (Lipinski definition) is 4. The Labute approximate surface area is 137 Å². The zero-order valence-electron chi connectivity index (χ0n) is 13.0. The van der Waals surface area contributed by atoms with Gasteiger partial charge in [-0.1, -0.05) is 13.8 Å². The first kappa shape index (κ1) is 18.9. The number of nitrogens with one attached hydrogen (secondary N) is 2. The number of aromatic nitrogens is 2. The highest BCUT2D eigenvalue weighted by atomic mass is 35.5. The Balaban J connectivity index is 0.00000242. The minimum atomic E-state index is -3.66. The monoisotopic (exact) mass is 346 g/mol. The van der Waals surface area contributed by atoms with Crippen molar-refractivity contribution in [2.24, 2.45) is 11.7 Å². The van der Waals surface area contributed by atoms with Crippen molar-refractivity contribution >= 4 is 33.5 Å². The number of pyridine rings is 1. The molecule has 6 nitrogen and oxygen atoms in total. The molecule has 1 atom stereocenters. The lowest BCUT2D eigenvalue weighted by atomic mass is 9.92. The molecule has 8 heteroatoms. The Morgan fingerprint density at radius 2 is 2.14 bits per heavy atom. The average molecular weight is 347 g/mol. The van der Waals surface area contributed by atoms with E-state index < -0.39 is 15.6 Å². The Bertz CT molecular complexity index is 729. The molecule has 0 bridgehead atoms. The number of halogens is 1. The van der Waals surface area contributed by atoms with Crippen LogP contribution in [0.4, 0.5) is 0 Å². The number of hydrogen-bond donors (Lipinski definition) is 3. The van der Waals surface area contributed by atoms with E-state index in [0.29, 0.717) is 23.4 Å². The third-order valence-electron chi connectivity index (χ3n) is 3.39. The van der Waals surface area contributed by atoms with Gasteiger partial charge in [0.05, 0.1) is 0 Å². The maximum Gasteiger partial charge on any atom is 0.243 e. The molecule has 0 aliphatic carbocycles. The fourth-order valence-electron chi connectivity index (χ4n) is 2.60. The van der Waals surface area contributed by atoms with Crippen molar-refractivity contribution in [2.75, 3.05) is 6.54 Å². The van der Waals surface area contributed by atoms with Crippen molar-refractivity contribution in [3.8, 4) is 0 Å². The maximum atomic E-state index is 12.6. The predicted octanol–water partition coefficient (Wildman–Crippen LogP) is 2.03. The molecule has 4 N–H and O–H groups in total. The zero-order valence-corrected chi connectivity index (χ0v) is 14.6. The van der Waals surface area contributed by atoms with Gasteiger partial charge in [0.2, 0.25) is 10.0 Å². The molecule has 0 amide bonds. The Kier molecular flexibility index (Phi) is 5.97. The van der Waals surface area contributed by atoms with Gasteiger partial charge in [-0.05, 0) is 31.4 Å². The second-order valence-electron chi connectivity index (χ2n) is 6.02. The van der Waals surface area contributed by atoms with Gasteiger partial charge in [0, 0.05) is 29.9 Å². The van der Waals surface area contributed by atoms with Crippen molar-refractivity contribution in [3.63, 3.8) is 0 Å². The number of rotatable bonds is 6. The Hall–Kier alpha value is -1.15. The van der Waals surface area contributed by atoms with Crippen LogP contribution in [-0.4, -0.2) is 30.5 Å². The van der Waals surface area contributed by atoms with Gasteiger partial charge in [-0.25, -0.2) is 18.1 Å². The van der Waals surface area contributed by atoms with Gasteiger partial charge >= 0.3 is 0 Å². The summed E-state index contributed by atoms with van der Waals surface area (Å²) in [6, 6.07) is 3.45. The topological polar surface area (TPSA) is 101 Å². The average Bonchev–Trinajstić information content (AvgIpc) is 2.81. The molecule has 0 aromatic carbocycles. The quantitative estimate of drug-likeness (QED) is 0.744. The van der Waals surface area contributed by atoms with E-state index in [9.17, 15) is 8.42 Å². The largest absolute Gasteiger partial charge is 0.345 e. The zero-order chi connectivity index (χ0) is 15.7. The van der Waals surface area contributed by atoms with Crippen LogP contribution in [-0.2, 0) is 10.0 Å². The van der Waals surface area contributed by atoms with Crippen LogP contribution >= 0.6 is 12.4 Å². The number of sulfonamides is 1. The third-order valence-corrected chi connectivity index (χ3v) is 5.07. The highest BCUT2D eigenvalue weighted by molar-refractivity contribution is 7.89. The van der Waals surface area contributed by atoms with Crippen molar-refractivity contribution in [3.05, 3.63) is 24.5 Å². The van der Waals surface area contributed by atoms with Crippen LogP contribution in [0.15, 0.2) is 29.4 Å². The SMILES string of the molecule is CC(C)CC(C)(CN)NS(=O)(=O)c1c[nH]c2ncccc12.Cl. The normalized spacial score (nSPS) is 14.8. The third kappa shape index (κ3) is 3.98. The summed E-state index contributed by atoms with van der Waals surface area (Å²) in [5, 5.41) is 0.578. The predicted molar refractivity (Wildman–Crippen MR) is 90.6 cm³/mol. The van der Waals surface area contributed by atoms with Gasteiger partial charge < -0.3 is 10.7 Å². The summed E-state index contributed by atoms with van der Waals surface area (Å²) in [6.07, 6.45) is 3.75. The second kappa shape index (κ2) is 6.95. The fraction of sp³-hybridized carbons (Fsp3) is 0.500. The summed E-state index contributed by atoms with van der Waals surface area (Å²) >= 11 is 0. The number of fused-ring (bicyclic) bond motifs is 1. The molecule has 0 spiro atoms. The second-order valence-corrected chi connectivity index (χ2v) is 7.67. The van der Waals surface area contributed by atoms with Gasteiger partial charge in [0.1, 0.15) is 10.5 Å². The lowest BCUT2D eigenvalue weighted by Crippen LogP contribution is -2.51. The van der Waals surface area contributed by atoms with Crippen molar-refractivity contribution in [2.45, 2.75) is 37.6 Å². The van der Waals surface area contributed by atoms with Gasteiger partial charge in [0.15, 0.2) is 0 Å². The van der Waals surface area contributed by atoms with Crippen LogP contribution in [0.2, 0.25) is 0 Å². The van der Waals surface area contributed by atoms with Crippen LogP contribution < -0.4 is 10.5 Å².